The van der Waals surface area contributed by atoms with Crippen LogP contribution in [0, 0.1) is 5.82 Å². The summed E-state index contributed by atoms with van der Waals surface area (Å²) in [5.74, 6) is -0.173. The van der Waals surface area contributed by atoms with E-state index in [1.807, 2.05) is 0 Å². The highest BCUT2D eigenvalue weighted by atomic mass is 79.9. The van der Waals surface area contributed by atoms with E-state index in [-0.39, 0.29) is 5.82 Å². The van der Waals surface area contributed by atoms with Crippen molar-refractivity contribution in [2.45, 2.75) is 25.8 Å². The Kier molecular flexibility index (Phi) is 4.40. The van der Waals surface area contributed by atoms with Crippen LogP contribution in [0.4, 0.5) is 10.1 Å². The van der Waals surface area contributed by atoms with Crippen molar-refractivity contribution in [3.63, 3.8) is 0 Å². The molecule has 1 saturated heterocycles. The Morgan fingerprint density at radius 2 is 2.35 bits per heavy atom. The number of nitrogens with zero attached hydrogens (tertiary/aromatic N) is 1. The lowest BCUT2D eigenvalue weighted by Gasteiger charge is -2.20. The van der Waals surface area contributed by atoms with Crippen LogP contribution in [-0.4, -0.2) is 25.7 Å². The topological polar surface area (TPSA) is 15.3 Å². The average molecular weight is 301 g/mol. The van der Waals surface area contributed by atoms with Crippen molar-refractivity contribution in [2.24, 2.45) is 0 Å². The molecule has 1 unspecified atom stereocenters. The molecule has 1 N–H and O–H groups in total. The number of nitrogens with one attached hydrogen (secondary N) is 1. The molecule has 1 aromatic carbocycles. The van der Waals surface area contributed by atoms with Crippen LogP contribution in [-0.2, 0) is 0 Å². The number of rotatable bonds is 4. The highest BCUT2D eigenvalue weighted by molar-refractivity contribution is 9.10. The maximum atomic E-state index is 13.2. The van der Waals surface area contributed by atoms with Gasteiger partial charge in [0, 0.05) is 23.6 Å². The van der Waals surface area contributed by atoms with E-state index in [2.05, 4.69) is 33.1 Å². The molecule has 17 heavy (non-hydrogen) atoms. The molecule has 1 atom stereocenters. The fourth-order valence-electron chi connectivity index (χ4n) is 2.22. The minimum Gasteiger partial charge on any atom is -0.369 e. The van der Waals surface area contributed by atoms with Crippen LogP contribution in [0.25, 0.3) is 0 Å². The first-order chi connectivity index (χ1) is 8.20. The second-order valence-electron chi connectivity index (χ2n) is 4.48. The molecule has 2 nitrogen and oxygen atoms in total. The molecule has 0 bridgehead atoms. The molecule has 1 fully saturated rings. The van der Waals surface area contributed by atoms with Gasteiger partial charge in [0.05, 0.1) is 5.69 Å². The van der Waals surface area contributed by atoms with Gasteiger partial charge in [0.2, 0.25) is 0 Å². The van der Waals surface area contributed by atoms with E-state index in [9.17, 15) is 4.39 Å². The molecule has 4 heteroatoms. The largest absolute Gasteiger partial charge is 0.369 e. The Labute approximate surface area is 110 Å². The molecule has 0 amide bonds. The predicted molar refractivity (Wildman–Crippen MR) is 73.0 cm³/mol. The summed E-state index contributed by atoms with van der Waals surface area (Å²) in [4.78, 5) is 2.24. The molecule has 1 aliphatic heterocycles. The number of benzene rings is 1. The van der Waals surface area contributed by atoms with Crippen LogP contribution in [0.3, 0.4) is 0 Å². The summed E-state index contributed by atoms with van der Waals surface area (Å²) in [5.41, 5.74) is 0.964. The van der Waals surface area contributed by atoms with Crippen molar-refractivity contribution < 1.29 is 4.39 Å². The highest BCUT2D eigenvalue weighted by Crippen LogP contribution is 2.29. The van der Waals surface area contributed by atoms with Gasteiger partial charge in [0.25, 0.3) is 0 Å². The summed E-state index contributed by atoms with van der Waals surface area (Å²) in [5, 5.41) is 3.51. The van der Waals surface area contributed by atoms with E-state index in [0.29, 0.717) is 6.04 Å². The standard InChI is InChI=1S/C13H18BrFN2/c1-2-6-16-11-5-7-17(9-11)13-8-10(15)3-4-12(13)14/h3-4,8,11,16H,2,5-7,9H2,1H3. The third-order valence-corrected chi connectivity index (χ3v) is 3.79. The molecular formula is C13H18BrFN2. The van der Waals surface area contributed by atoms with Gasteiger partial charge < -0.3 is 10.2 Å². The Morgan fingerprint density at radius 3 is 3.12 bits per heavy atom. The van der Waals surface area contributed by atoms with Gasteiger partial charge in [-0.2, -0.15) is 0 Å². The van der Waals surface area contributed by atoms with E-state index < -0.39 is 0 Å². The zero-order valence-corrected chi connectivity index (χ0v) is 11.6. The minimum absolute atomic E-state index is 0.173. The van der Waals surface area contributed by atoms with Gasteiger partial charge in [0.15, 0.2) is 0 Å². The zero-order valence-electron chi connectivity index (χ0n) is 10.0. The summed E-state index contributed by atoms with van der Waals surface area (Å²) in [6.07, 6.45) is 2.28. The highest BCUT2D eigenvalue weighted by Gasteiger charge is 2.23. The monoisotopic (exact) mass is 300 g/mol. The van der Waals surface area contributed by atoms with Gasteiger partial charge in [-0.05, 0) is 53.5 Å². The van der Waals surface area contributed by atoms with E-state index >= 15 is 0 Å². The second kappa shape index (κ2) is 5.83. The predicted octanol–water partition coefficient (Wildman–Crippen LogP) is 3.17. The van der Waals surface area contributed by atoms with Gasteiger partial charge in [-0.3, -0.25) is 0 Å². The Balaban J connectivity index is 2.02. The first-order valence-corrected chi connectivity index (χ1v) is 6.93. The minimum atomic E-state index is -0.173. The van der Waals surface area contributed by atoms with Crippen molar-refractivity contribution in [2.75, 3.05) is 24.5 Å². The molecule has 0 aliphatic carbocycles. The lowest BCUT2D eigenvalue weighted by Crippen LogP contribution is -2.33. The summed E-state index contributed by atoms with van der Waals surface area (Å²) >= 11 is 3.48. The Bertz CT molecular complexity index is 384. The van der Waals surface area contributed by atoms with Crippen molar-refractivity contribution in [1.82, 2.24) is 5.32 Å². The molecule has 1 aromatic rings. The first kappa shape index (κ1) is 12.8. The van der Waals surface area contributed by atoms with Crippen LogP contribution in [0.15, 0.2) is 22.7 Å². The van der Waals surface area contributed by atoms with Crippen LogP contribution in [0.5, 0.6) is 0 Å². The average Bonchev–Trinajstić information content (AvgIpc) is 2.78. The van der Waals surface area contributed by atoms with E-state index in [1.165, 1.54) is 6.07 Å². The number of halogens is 2. The maximum absolute atomic E-state index is 13.2. The molecule has 0 radical (unpaired) electrons. The molecule has 0 saturated carbocycles. The molecule has 1 heterocycles. The number of hydrogen-bond acceptors (Lipinski definition) is 2. The fourth-order valence-corrected chi connectivity index (χ4v) is 2.72. The summed E-state index contributed by atoms with van der Waals surface area (Å²) in [7, 11) is 0. The fraction of sp³-hybridized carbons (Fsp3) is 0.538. The SMILES string of the molecule is CCCNC1CCN(c2cc(F)ccc2Br)C1. The number of hydrogen-bond donors (Lipinski definition) is 1. The Morgan fingerprint density at radius 1 is 1.53 bits per heavy atom. The molecular weight excluding hydrogens is 283 g/mol. The lowest BCUT2D eigenvalue weighted by atomic mass is 10.2. The summed E-state index contributed by atoms with van der Waals surface area (Å²) in [6.45, 7) is 5.18. The molecule has 0 aromatic heterocycles. The molecule has 2 rings (SSSR count). The van der Waals surface area contributed by atoms with Crippen molar-refractivity contribution in [3.05, 3.63) is 28.5 Å². The molecule has 1 aliphatic rings. The van der Waals surface area contributed by atoms with Crippen molar-refractivity contribution in [1.29, 1.82) is 0 Å². The van der Waals surface area contributed by atoms with E-state index in [0.717, 1.165) is 42.6 Å². The van der Waals surface area contributed by atoms with E-state index in [4.69, 9.17) is 0 Å². The quantitative estimate of drug-likeness (QED) is 0.919. The van der Waals surface area contributed by atoms with Gasteiger partial charge in [-0.25, -0.2) is 4.39 Å². The van der Waals surface area contributed by atoms with Crippen LogP contribution in [0.1, 0.15) is 19.8 Å². The summed E-state index contributed by atoms with van der Waals surface area (Å²) < 4.78 is 14.2. The van der Waals surface area contributed by atoms with Gasteiger partial charge in [-0.1, -0.05) is 6.92 Å². The van der Waals surface area contributed by atoms with Crippen LogP contribution in [0.2, 0.25) is 0 Å². The molecule has 94 valence electrons. The smallest absolute Gasteiger partial charge is 0.125 e. The first-order valence-electron chi connectivity index (χ1n) is 6.14. The third-order valence-electron chi connectivity index (χ3n) is 3.12. The zero-order chi connectivity index (χ0) is 12.3. The normalized spacial score (nSPS) is 19.9. The van der Waals surface area contributed by atoms with Crippen LogP contribution < -0.4 is 10.2 Å². The Hall–Kier alpha value is -0.610. The maximum Gasteiger partial charge on any atom is 0.125 e. The number of anilines is 1. The molecule has 0 spiro atoms. The lowest BCUT2D eigenvalue weighted by molar-refractivity contribution is 0.549. The van der Waals surface area contributed by atoms with Gasteiger partial charge in [-0.15, -0.1) is 0 Å². The van der Waals surface area contributed by atoms with Gasteiger partial charge >= 0.3 is 0 Å². The van der Waals surface area contributed by atoms with Crippen LogP contribution >= 0.6 is 15.9 Å². The van der Waals surface area contributed by atoms with Crippen molar-refractivity contribution in [3.8, 4) is 0 Å². The van der Waals surface area contributed by atoms with Crippen molar-refractivity contribution >= 4 is 21.6 Å². The van der Waals surface area contributed by atoms with E-state index in [1.54, 1.807) is 12.1 Å². The summed E-state index contributed by atoms with van der Waals surface area (Å²) in [6, 6.07) is 5.39. The van der Waals surface area contributed by atoms with Gasteiger partial charge in [0.1, 0.15) is 5.82 Å². The third kappa shape index (κ3) is 3.19. The second-order valence-corrected chi connectivity index (χ2v) is 5.34.